The van der Waals surface area contributed by atoms with Crippen molar-refractivity contribution >= 4 is 32.2 Å². The standard InChI is InChI=1S/C28H22ClN3O2S/c1-18-3-4-21(15-27(18)29)20-5-7-25(19(2)13-20)28-26-8-6-24(14-22(26)9-12-31-28)35(33,34)16-23-10-11-30-17-32-23/h3-15,17H,16H2,1-2H3. The van der Waals surface area contributed by atoms with Gasteiger partial charge in [0.25, 0.3) is 0 Å². The lowest BCUT2D eigenvalue weighted by Gasteiger charge is -2.12. The van der Waals surface area contributed by atoms with Crippen LogP contribution in [0.25, 0.3) is 33.2 Å². The monoisotopic (exact) mass is 499 g/mol. The van der Waals surface area contributed by atoms with Crippen LogP contribution >= 0.6 is 11.6 Å². The molecule has 0 fully saturated rings. The molecule has 0 unspecified atom stereocenters. The number of rotatable bonds is 5. The largest absolute Gasteiger partial charge is 0.256 e. The van der Waals surface area contributed by atoms with E-state index in [1.165, 1.54) is 12.5 Å². The summed E-state index contributed by atoms with van der Waals surface area (Å²) in [5, 5.41) is 2.45. The lowest BCUT2D eigenvalue weighted by Crippen LogP contribution is -2.06. The third-order valence-corrected chi connectivity index (χ3v) is 8.12. The first-order chi connectivity index (χ1) is 16.8. The maximum absolute atomic E-state index is 13.0. The Labute approximate surface area is 209 Å². The minimum atomic E-state index is -3.55. The maximum Gasteiger partial charge on any atom is 0.184 e. The first-order valence-corrected chi connectivity index (χ1v) is 13.1. The molecule has 7 heteroatoms. The van der Waals surface area contributed by atoms with E-state index >= 15 is 0 Å². The lowest BCUT2D eigenvalue weighted by atomic mass is 9.95. The summed E-state index contributed by atoms with van der Waals surface area (Å²) < 4.78 is 26.0. The Morgan fingerprint density at radius 2 is 1.60 bits per heavy atom. The summed E-state index contributed by atoms with van der Waals surface area (Å²) in [5.41, 5.74) is 6.51. The smallest absolute Gasteiger partial charge is 0.184 e. The molecule has 0 spiro atoms. The van der Waals surface area contributed by atoms with Crippen LogP contribution in [0.15, 0.2) is 90.3 Å². The lowest BCUT2D eigenvalue weighted by molar-refractivity contribution is 0.594. The Morgan fingerprint density at radius 3 is 2.34 bits per heavy atom. The molecular formula is C28H22ClN3O2S. The van der Waals surface area contributed by atoms with E-state index in [0.717, 1.165) is 49.3 Å². The summed E-state index contributed by atoms with van der Waals surface area (Å²) >= 11 is 6.33. The van der Waals surface area contributed by atoms with Crippen molar-refractivity contribution in [3.63, 3.8) is 0 Å². The van der Waals surface area contributed by atoms with Gasteiger partial charge in [0.1, 0.15) is 6.33 Å². The summed E-state index contributed by atoms with van der Waals surface area (Å²) in [4.78, 5) is 12.8. The van der Waals surface area contributed by atoms with Crippen LogP contribution in [0.3, 0.4) is 0 Å². The van der Waals surface area contributed by atoms with Crippen molar-refractivity contribution in [1.82, 2.24) is 15.0 Å². The van der Waals surface area contributed by atoms with Crippen LogP contribution < -0.4 is 0 Å². The quantitative estimate of drug-likeness (QED) is 0.272. The molecular weight excluding hydrogens is 478 g/mol. The molecule has 5 aromatic rings. The van der Waals surface area contributed by atoms with Crippen molar-refractivity contribution < 1.29 is 8.42 Å². The Morgan fingerprint density at radius 1 is 0.800 bits per heavy atom. The summed E-state index contributed by atoms with van der Waals surface area (Å²) in [6.07, 6.45) is 4.60. The molecule has 5 rings (SSSR count). The van der Waals surface area contributed by atoms with Gasteiger partial charge >= 0.3 is 0 Å². The SMILES string of the molecule is Cc1ccc(-c2ccc(-c3nccc4cc(S(=O)(=O)Cc5ccncn5)ccc34)c(C)c2)cc1Cl. The number of benzene rings is 3. The van der Waals surface area contributed by atoms with Crippen molar-refractivity contribution in [3.8, 4) is 22.4 Å². The second kappa shape index (κ2) is 9.21. The zero-order valence-corrected chi connectivity index (χ0v) is 20.8. The fraction of sp³-hybridized carbons (Fsp3) is 0.107. The zero-order chi connectivity index (χ0) is 24.6. The molecule has 0 saturated heterocycles. The fourth-order valence-electron chi connectivity index (χ4n) is 4.13. The summed E-state index contributed by atoms with van der Waals surface area (Å²) in [5.74, 6) is -0.178. The van der Waals surface area contributed by atoms with Gasteiger partial charge in [0, 0.05) is 28.4 Å². The van der Waals surface area contributed by atoms with Crippen molar-refractivity contribution in [2.45, 2.75) is 24.5 Å². The minimum Gasteiger partial charge on any atom is -0.256 e. The zero-order valence-electron chi connectivity index (χ0n) is 19.2. The van der Waals surface area contributed by atoms with Crippen LogP contribution in [0.2, 0.25) is 5.02 Å². The highest BCUT2D eigenvalue weighted by atomic mass is 35.5. The second-order valence-corrected chi connectivity index (χ2v) is 10.9. The van der Waals surface area contributed by atoms with Crippen LogP contribution in [0.1, 0.15) is 16.8 Å². The Balaban J connectivity index is 1.52. The fourth-order valence-corrected chi connectivity index (χ4v) is 5.62. The van der Waals surface area contributed by atoms with Gasteiger partial charge in [0.05, 0.1) is 22.0 Å². The number of aromatic nitrogens is 3. The van der Waals surface area contributed by atoms with E-state index in [4.69, 9.17) is 11.6 Å². The Bertz CT molecular complexity index is 1670. The number of hydrogen-bond acceptors (Lipinski definition) is 5. The number of pyridine rings is 1. The predicted octanol–water partition coefficient (Wildman–Crippen LogP) is 6.60. The van der Waals surface area contributed by atoms with Gasteiger partial charge in [0.2, 0.25) is 0 Å². The van der Waals surface area contributed by atoms with Gasteiger partial charge in [-0.05, 0) is 71.8 Å². The molecule has 0 atom stereocenters. The van der Waals surface area contributed by atoms with Crippen LogP contribution in [0, 0.1) is 13.8 Å². The normalized spacial score (nSPS) is 11.6. The van der Waals surface area contributed by atoms with Crippen LogP contribution in [-0.2, 0) is 15.6 Å². The number of aryl methyl sites for hydroxylation is 2. The van der Waals surface area contributed by atoms with E-state index in [2.05, 4.69) is 46.1 Å². The number of sulfone groups is 1. The topological polar surface area (TPSA) is 72.8 Å². The Kier molecular flexibility index (Phi) is 6.09. The molecule has 0 N–H and O–H groups in total. The average molecular weight is 500 g/mol. The molecule has 174 valence electrons. The molecule has 0 radical (unpaired) electrons. The second-order valence-electron chi connectivity index (χ2n) is 8.50. The number of fused-ring (bicyclic) bond motifs is 1. The van der Waals surface area contributed by atoms with E-state index in [-0.39, 0.29) is 10.6 Å². The van der Waals surface area contributed by atoms with Crippen molar-refractivity contribution in [1.29, 1.82) is 0 Å². The highest BCUT2D eigenvalue weighted by Crippen LogP contribution is 2.34. The van der Waals surface area contributed by atoms with E-state index in [1.807, 2.05) is 31.2 Å². The average Bonchev–Trinajstić information content (AvgIpc) is 2.85. The van der Waals surface area contributed by atoms with Gasteiger partial charge in [-0.15, -0.1) is 0 Å². The number of hydrogen-bond donors (Lipinski definition) is 0. The van der Waals surface area contributed by atoms with Crippen LogP contribution in [0.4, 0.5) is 0 Å². The maximum atomic E-state index is 13.0. The first kappa shape index (κ1) is 23.1. The van der Waals surface area contributed by atoms with Gasteiger partial charge in [-0.25, -0.2) is 18.4 Å². The third kappa shape index (κ3) is 4.67. The molecule has 3 aromatic carbocycles. The van der Waals surface area contributed by atoms with Crippen molar-refractivity contribution in [2.75, 3.05) is 0 Å². The molecule has 35 heavy (non-hydrogen) atoms. The number of nitrogens with zero attached hydrogens (tertiary/aromatic N) is 3. The van der Waals surface area contributed by atoms with Gasteiger partial charge in [-0.2, -0.15) is 0 Å². The molecule has 0 bridgehead atoms. The van der Waals surface area contributed by atoms with E-state index in [1.54, 1.807) is 24.4 Å². The molecule has 0 amide bonds. The molecule has 0 aliphatic heterocycles. The van der Waals surface area contributed by atoms with Gasteiger partial charge in [0.15, 0.2) is 9.84 Å². The molecule has 0 aliphatic carbocycles. The van der Waals surface area contributed by atoms with Gasteiger partial charge in [-0.1, -0.05) is 48.0 Å². The van der Waals surface area contributed by atoms with E-state index < -0.39 is 9.84 Å². The van der Waals surface area contributed by atoms with Gasteiger partial charge in [-0.3, -0.25) is 4.98 Å². The molecule has 2 heterocycles. The summed E-state index contributed by atoms with van der Waals surface area (Å²) in [7, 11) is -3.55. The minimum absolute atomic E-state index is 0.178. The summed E-state index contributed by atoms with van der Waals surface area (Å²) in [6, 6.07) is 20.9. The first-order valence-electron chi connectivity index (χ1n) is 11.1. The van der Waals surface area contributed by atoms with E-state index in [9.17, 15) is 8.42 Å². The van der Waals surface area contributed by atoms with Crippen LogP contribution in [-0.4, -0.2) is 23.4 Å². The van der Waals surface area contributed by atoms with Crippen molar-refractivity contribution in [3.05, 3.63) is 107 Å². The summed E-state index contributed by atoms with van der Waals surface area (Å²) in [6.45, 7) is 4.04. The Hall–Kier alpha value is -3.61. The molecule has 5 nitrogen and oxygen atoms in total. The predicted molar refractivity (Wildman–Crippen MR) is 140 cm³/mol. The third-order valence-electron chi connectivity index (χ3n) is 6.06. The number of halogens is 1. The van der Waals surface area contributed by atoms with Gasteiger partial charge < -0.3 is 0 Å². The molecule has 2 aromatic heterocycles. The molecule has 0 saturated carbocycles. The van der Waals surface area contributed by atoms with Crippen LogP contribution in [0.5, 0.6) is 0 Å². The molecule has 0 aliphatic rings. The highest BCUT2D eigenvalue weighted by Gasteiger charge is 2.18. The van der Waals surface area contributed by atoms with E-state index in [0.29, 0.717) is 5.69 Å². The highest BCUT2D eigenvalue weighted by molar-refractivity contribution is 7.90. The van der Waals surface area contributed by atoms with Crippen molar-refractivity contribution in [2.24, 2.45) is 0 Å².